The van der Waals surface area contributed by atoms with Crippen LogP contribution in [0.4, 0.5) is 8.78 Å². The first kappa shape index (κ1) is 13.5. The molecule has 2 rings (SSSR count). The van der Waals surface area contributed by atoms with Crippen LogP contribution in [-0.2, 0) is 13.0 Å². The van der Waals surface area contributed by atoms with Gasteiger partial charge in [0, 0.05) is 19.0 Å². The molecule has 0 spiro atoms. The predicted octanol–water partition coefficient (Wildman–Crippen LogP) is 1.28. The minimum absolute atomic E-state index is 0.296. The van der Waals surface area contributed by atoms with Gasteiger partial charge in [-0.05, 0) is 47.5 Å². The standard InChI is InChI=1S/C12H15F2N5/c13-10-5-9(6-11(14)8-10)7-12-16-17-18-19(12)4-2-1-3-15/h5-6,8H,1-4,7,15H2. The number of tetrazole rings is 1. The van der Waals surface area contributed by atoms with E-state index in [2.05, 4.69) is 15.5 Å². The van der Waals surface area contributed by atoms with Gasteiger partial charge in [-0.3, -0.25) is 0 Å². The number of hydrogen-bond acceptors (Lipinski definition) is 4. The fourth-order valence-corrected chi connectivity index (χ4v) is 1.83. The van der Waals surface area contributed by atoms with Gasteiger partial charge in [0.2, 0.25) is 0 Å². The lowest BCUT2D eigenvalue weighted by atomic mass is 10.1. The summed E-state index contributed by atoms with van der Waals surface area (Å²) in [4.78, 5) is 0. The number of unbranched alkanes of at least 4 members (excludes halogenated alkanes) is 1. The Kier molecular flexibility index (Phi) is 4.51. The molecule has 7 heteroatoms. The van der Waals surface area contributed by atoms with Gasteiger partial charge in [-0.25, -0.2) is 13.5 Å². The van der Waals surface area contributed by atoms with Crippen LogP contribution in [0, 0.1) is 11.6 Å². The van der Waals surface area contributed by atoms with Gasteiger partial charge in [-0.15, -0.1) is 5.10 Å². The molecule has 0 saturated carbocycles. The zero-order valence-electron chi connectivity index (χ0n) is 10.4. The van der Waals surface area contributed by atoms with Crippen LogP contribution in [0.5, 0.6) is 0 Å². The number of aryl methyl sites for hydroxylation is 1. The summed E-state index contributed by atoms with van der Waals surface area (Å²) in [5.74, 6) is -0.615. The van der Waals surface area contributed by atoms with Crippen LogP contribution in [-0.4, -0.2) is 26.8 Å². The van der Waals surface area contributed by atoms with Crippen LogP contribution in [0.3, 0.4) is 0 Å². The van der Waals surface area contributed by atoms with Crippen LogP contribution >= 0.6 is 0 Å². The van der Waals surface area contributed by atoms with E-state index in [0.29, 0.717) is 30.9 Å². The zero-order valence-corrected chi connectivity index (χ0v) is 10.4. The Morgan fingerprint density at radius 2 is 1.84 bits per heavy atom. The summed E-state index contributed by atoms with van der Waals surface area (Å²) in [6.07, 6.45) is 2.05. The molecule has 0 bridgehead atoms. The lowest BCUT2D eigenvalue weighted by Gasteiger charge is -2.04. The molecule has 0 fully saturated rings. The first-order chi connectivity index (χ1) is 9.19. The third-order valence-corrected chi connectivity index (χ3v) is 2.71. The second-order valence-corrected chi connectivity index (χ2v) is 4.27. The Labute approximate surface area is 109 Å². The molecule has 0 radical (unpaired) electrons. The second kappa shape index (κ2) is 6.33. The maximum atomic E-state index is 13.1. The Morgan fingerprint density at radius 1 is 1.11 bits per heavy atom. The van der Waals surface area contributed by atoms with Crippen molar-refractivity contribution in [3.05, 3.63) is 41.2 Å². The molecule has 1 aromatic heterocycles. The average molecular weight is 267 g/mol. The van der Waals surface area contributed by atoms with Crippen LogP contribution in [0.1, 0.15) is 24.2 Å². The van der Waals surface area contributed by atoms with Crippen LogP contribution in [0.25, 0.3) is 0 Å². The molecule has 2 aromatic rings. The summed E-state index contributed by atoms with van der Waals surface area (Å²) in [6, 6.07) is 3.40. The van der Waals surface area contributed by atoms with Gasteiger partial charge in [-0.2, -0.15) is 0 Å². The fraction of sp³-hybridized carbons (Fsp3) is 0.417. The molecular formula is C12H15F2N5. The van der Waals surface area contributed by atoms with Crippen molar-refractivity contribution in [2.75, 3.05) is 6.54 Å². The van der Waals surface area contributed by atoms with Crippen LogP contribution < -0.4 is 5.73 Å². The first-order valence-corrected chi connectivity index (χ1v) is 6.09. The van der Waals surface area contributed by atoms with Gasteiger partial charge in [-0.1, -0.05) is 0 Å². The Hall–Kier alpha value is -1.89. The Balaban J connectivity index is 2.08. The maximum absolute atomic E-state index is 13.1. The van der Waals surface area contributed by atoms with Crippen molar-refractivity contribution in [1.82, 2.24) is 20.2 Å². The summed E-state index contributed by atoms with van der Waals surface area (Å²) in [7, 11) is 0. The molecule has 0 saturated heterocycles. The predicted molar refractivity (Wildman–Crippen MR) is 65.3 cm³/mol. The van der Waals surface area contributed by atoms with E-state index in [1.165, 1.54) is 12.1 Å². The molecule has 2 N–H and O–H groups in total. The number of halogens is 2. The summed E-state index contributed by atoms with van der Waals surface area (Å²) < 4.78 is 27.8. The molecule has 0 aliphatic carbocycles. The van der Waals surface area contributed by atoms with Crippen molar-refractivity contribution in [3.63, 3.8) is 0 Å². The highest BCUT2D eigenvalue weighted by Gasteiger charge is 2.08. The normalized spacial score (nSPS) is 10.9. The fourth-order valence-electron chi connectivity index (χ4n) is 1.83. The van der Waals surface area contributed by atoms with Gasteiger partial charge >= 0.3 is 0 Å². The first-order valence-electron chi connectivity index (χ1n) is 6.09. The summed E-state index contributed by atoms with van der Waals surface area (Å²) in [6.45, 7) is 1.27. The van der Waals surface area contributed by atoms with Crippen molar-refractivity contribution in [1.29, 1.82) is 0 Å². The highest BCUT2D eigenvalue weighted by atomic mass is 19.1. The summed E-state index contributed by atoms with van der Waals surface area (Å²) in [5.41, 5.74) is 5.93. The van der Waals surface area contributed by atoms with Gasteiger partial charge in [0.1, 0.15) is 11.6 Å². The van der Waals surface area contributed by atoms with E-state index in [9.17, 15) is 8.78 Å². The molecule has 0 amide bonds. The topological polar surface area (TPSA) is 69.6 Å². The minimum Gasteiger partial charge on any atom is -0.330 e. The number of nitrogens with two attached hydrogens (primary N) is 1. The summed E-state index contributed by atoms with van der Waals surface area (Å²) in [5, 5.41) is 11.3. The lowest BCUT2D eigenvalue weighted by Crippen LogP contribution is -2.09. The van der Waals surface area contributed by atoms with Gasteiger partial charge < -0.3 is 5.73 Å². The van der Waals surface area contributed by atoms with Gasteiger partial charge in [0.05, 0.1) is 0 Å². The van der Waals surface area contributed by atoms with E-state index in [1.807, 2.05) is 0 Å². The van der Waals surface area contributed by atoms with Crippen molar-refractivity contribution in [2.45, 2.75) is 25.8 Å². The van der Waals surface area contributed by atoms with Crippen molar-refractivity contribution in [3.8, 4) is 0 Å². The van der Waals surface area contributed by atoms with E-state index in [-0.39, 0.29) is 0 Å². The smallest absolute Gasteiger partial charge is 0.155 e. The third-order valence-electron chi connectivity index (χ3n) is 2.71. The highest BCUT2D eigenvalue weighted by Crippen LogP contribution is 2.11. The third kappa shape index (κ3) is 3.78. The molecule has 1 heterocycles. The molecule has 1 aromatic carbocycles. The Bertz CT molecular complexity index is 520. The van der Waals surface area contributed by atoms with E-state index >= 15 is 0 Å². The largest absolute Gasteiger partial charge is 0.330 e. The minimum atomic E-state index is -0.600. The number of rotatable bonds is 6. The molecule has 0 atom stereocenters. The van der Waals surface area contributed by atoms with Crippen molar-refractivity contribution >= 4 is 0 Å². The van der Waals surface area contributed by atoms with E-state index < -0.39 is 11.6 Å². The number of hydrogen-bond donors (Lipinski definition) is 1. The number of nitrogens with zero attached hydrogens (tertiary/aromatic N) is 4. The monoisotopic (exact) mass is 267 g/mol. The molecule has 0 aliphatic rings. The average Bonchev–Trinajstić information content (AvgIpc) is 2.76. The molecule has 102 valence electrons. The van der Waals surface area contributed by atoms with E-state index in [0.717, 1.165) is 18.9 Å². The molecule has 19 heavy (non-hydrogen) atoms. The second-order valence-electron chi connectivity index (χ2n) is 4.27. The number of aromatic nitrogens is 4. The Morgan fingerprint density at radius 3 is 2.53 bits per heavy atom. The molecule has 0 unspecified atom stereocenters. The maximum Gasteiger partial charge on any atom is 0.155 e. The molecule has 5 nitrogen and oxygen atoms in total. The van der Waals surface area contributed by atoms with Crippen LogP contribution in [0.15, 0.2) is 18.2 Å². The van der Waals surface area contributed by atoms with Crippen LogP contribution in [0.2, 0.25) is 0 Å². The molecular weight excluding hydrogens is 252 g/mol. The van der Waals surface area contributed by atoms with E-state index in [4.69, 9.17) is 5.73 Å². The van der Waals surface area contributed by atoms with E-state index in [1.54, 1.807) is 4.68 Å². The van der Waals surface area contributed by atoms with Gasteiger partial charge in [0.25, 0.3) is 0 Å². The quantitative estimate of drug-likeness (QED) is 0.800. The highest BCUT2D eigenvalue weighted by molar-refractivity contribution is 5.21. The van der Waals surface area contributed by atoms with Crippen molar-refractivity contribution in [2.24, 2.45) is 5.73 Å². The summed E-state index contributed by atoms with van der Waals surface area (Å²) >= 11 is 0. The number of benzene rings is 1. The van der Waals surface area contributed by atoms with Gasteiger partial charge in [0.15, 0.2) is 5.82 Å². The SMILES string of the molecule is NCCCCn1nnnc1Cc1cc(F)cc(F)c1. The van der Waals surface area contributed by atoms with Crippen molar-refractivity contribution < 1.29 is 8.78 Å². The lowest BCUT2D eigenvalue weighted by molar-refractivity contribution is 0.528. The zero-order chi connectivity index (χ0) is 13.7. The molecule has 0 aliphatic heterocycles.